The van der Waals surface area contributed by atoms with Gasteiger partial charge in [-0.05, 0) is 24.5 Å². The molecule has 0 atom stereocenters. The summed E-state index contributed by atoms with van der Waals surface area (Å²) in [5.41, 5.74) is -0.193. The second kappa shape index (κ2) is 9.70. The van der Waals surface area contributed by atoms with Gasteiger partial charge in [0.15, 0.2) is 6.61 Å². The van der Waals surface area contributed by atoms with E-state index in [4.69, 9.17) is 4.74 Å². The summed E-state index contributed by atoms with van der Waals surface area (Å²) in [5.74, 6) is -1.68. The van der Waals surface area contributed by atoms with Crippen molar-refractivity contribution < 1.29 is 19.1 Å². The van der Waals surface area contributed by atoms with Gasteiger partial charge in [0.1, 0.15) is 11.2 Å². The molecular weight excluding hydrogens is 358 g/mol. The quantitative estimate of drug-likeness (QED) is 0.601. The predicted molar refractivity (Wildman–Crippen MR) is 103 cm³/mol. The number of hydrogen-bond donors (Lipinski definition) is 1. The number of benzene rings is 1. The molecule has 148 valence electrons. The molecule has 7 heteroatoms. The number of likely N-dealkylation sites (N-methyl/N-ethyl adjacent to an activating group) is 1. The number of esters is 1. The summed E-state index contributed by atoms with van der Waals surface area (Å²) in [6.07, 6.45) is 5.53. The molecular formula is C21H25N3O4. The molecule has 0 saturated heterocycles. The maximum absolute atomic E-state index is 12.5. The number of ether oxygens (including phenoxy) is 1. The molecule has 1 fully saturated rings. The van der Waals surface area contributed by atoms with E-state index in [1.807, 2.05) is 6.07 Å². The van der Waals surface area contributed by atoms with Crippen molar-refractivity contribution in [3.63, 3.8) is 0 Å². The normalized spacial score (nSPS) is 15.8. The van der Waals surface area contributed by atoms with E-state index < -0.39 is 29.9 Å². The van der Waals surface area contributed by atoms with Crippen LogP contribution in [-0.4, -0.2) is 41.9 Å². The number of nitrogens with zero attached hydrogens (tertiary/aromatic N) is 2. The van der Waals surface area contributed by atoms with Crippen LogP contribution in [0, 0.1) is 11.3 Å². The van der Waals surface area contributed by atoms with Crippen LogP contribution in [0.15, 0.2) is 36.0 Å². The highest BCUT2D eigenvalue weighted by Crippen LogP contribution is 2.32. The van der Waals surface area contributed by atoms with Crippen molar-refractivity contribution in [1.29, 1.82) is 5.26 Å². The lowest BCUT2D eigenvalue weighted by molar-refractivity contribution is -0.151. The summed E-state index contributed by atoms with van der Waals surface area (Å²) in [6.45, 7) is 0.787. The molecule has 0 aromatic heterocycles. The number of nitrogens with one attached hydrogen (secondary N) is 1. The van der Waals surface area contributed by atoms with Crippen molar-refractivity contribution in [2.45, 2.75) is 44.6 Å². The maximum atomic E-state index is 12.5. The van der Waals surface area contributed by atoms with Crippen molar-refractivity contribution in [3.8, 4) is 6.07 Å². The van der Waals surface area contributed by atoms with Crippen LogP contribution < -0.4 is 5.32 Å². The molecule has 2 rings (SSSR count). The third-order valence-electron chi connectivity index (χ3n) is 4.87. The van der Waals surface area contributed by atoms with Gasteiger partial charge in [0.05, 0.1) is 6.07 Å². The molecule has 0 radical (unpaired) electrons. The van der Waals surface area contributed by atoms with Crippen LogP contribution in [-0.2, 0) is 19.1 Å². The fourth-order valence-electron chi connectivity index (χ4n) is 3.25. The van der Waals surface area contributed by atoms with Crippen LogP contribution in [0.4, 0.5) is 0 Å². The topological polar surface area (TPSA) is 99.5 Å². The molecule has 1 aliphatic rings. The molecule has 1 saturated carbocycles. The van der Waals surface area contributed by atoms with Gasteiger partial charge in [-0.1, -0.05) is 49.6 Å². The molecule has 0 heterocycles. The van der Waals surface area contributed by atoms with Gasteiger partial charge in [-0.15, -0.1) is 0 Å². The predicted octanol–water partition coefficient (Wildman–Crippen LogP) is 2.39. The Morgan fingerprint density at radius 1 is 1.21 bits per heavy atom. The van der Waals surface area contributed by atoms with E-state index in [-0.39, 0.29) is 5.70 Å². The summed E-state index contributed by atoms with van der Waals surface area (Å²) in [5, 5.41) is 12.0. The Labute approximate surface area is 165 Å². The Balaban J connectivity index is 2.05. The van der Waals surface area contributed by atoms with E-state index in [0.717, 1.165) is 19.3 Å². The number of hydrogen-bond acceptors (Lipinski definition) is 5. The van der Waals surface area contributed by atoms with Crippen molar-refractivity contribution in [3.05, 3.63) is 41.6 Å². The highest BCUT2D eigenvalue weighted by Gasteiger charge is 2.39. The zero-order valence-corrected chi connectivity index (χ0v) is 16.2. The van der Waals surface area contributed by atoms with Crippen LogP contribution in [0.25, 0.3) is 6.08 Å². The third-order valence-corrected chi connectivity index (χ3v) is 4.87. The molecule has 2 amide bonds. The Hall–Kier alpha value is -3.14. The van der Waals surface area contributed by atoms with Gasteiger partial charge >= 0.3 is 5.97 Å². The molecule has 1 aliphatic carbocycles. The van der Waals surface area contributed by atoms with Crippen molar-refractivity contribution in [2.75, 3.05) is 13.7 Å². The summed E-state index contributed by atoms with van der Waals surface area (Å²) < 4.78 is 5.12. The standard InChI is InChI=1S/C21H25N3O4/c1-16(25)23-18(13-17-9-5-3-6-10-17)20(27)28-14-19(26)24(2)21(15-22)11-7-4-8-12-21/h3,5-6,9-10,13H,4,7-8,11-12,14H2,1-2H3,(H,23,25)/b18-13-. The van der Waals surface area contributed by atoms with Crippen LogP contribution in [0.5, 0.6) is 0 Å². The Morgan fingerprint density at radius 3 is 2.43 bits per heavy atom. The number of rotatable bonds is 6. The first-order chi connectivity index (χ1) is 13.4. The smallest absolute Gasteiger partial charge is 0.355 e. The van der Waals surface area contributed by atoms with Crippen LogP contribution in [0.1, 0.15) is 44.6 Å². The monoisotopic (exact) mass is 383 g/mol. The average molecular weight is 383 g/mol. The molecule has 1 N–H and O–H groups in total. The molecule has 0 spiro atoms. The van der Waals surface area contributed by atoms with Crippen LogP contribution >= 0.6 is 0 Å². The highest BCUT2D eigenvalue weighted by molar-refractivity contribution is 5.98. The lowest BCUT2D eigenvalue weighted by Gasteiger charge is -2.38. The van der Waals surface area contributed by atoms with Gasteiger partial charge in [0.2, 0.25) is 5.91 Å². The fourth-order valence-corrected chi connectivity index (χ4v) is 3.25. The third kappa shape index (κ3) is 5.43. The molecule has 0 aliphatic heterocycles. The molecule has 1 aromatic carbocycles. The first kappa shape index (κ1) is 21.2. The molecule has 7 nitrogen and oxygen atoms in total. The Morgan fingerprint density at radius 2 is 1.86 bits per heavy atom. The van der Waals surface area contributed by atoms with Gasteiger partial charge in [0, 0.05) is 14.0 Å². The summed E-state index contributed by atoms with van der Waals surface area (Å²) in [6, 6.07) is 11.2. The Kier molecular flexibility index (Phi) is 7.33. The zero-order chi connectivity index (χ0) is 20.6. The van der Waals surface area contributed by atoms with E-state index in [1.165, 1.54) is 17.9 Å². The maximum Gasteiger partial charge on any atom is 0.355 e. The molecule has 1 aromatic rings. The lowest BCUT2D eigenvalue weighted by atomic mass is 9.81. The fraction of sp³-hybridized carbons (Fsp3) is 0.429. The minimum Gasteiger partial charge on any atom is -0.451 e. The van der Waals surface area contributed by atoms with E-state index in [9.17, 15) is 19.6 Å². The second-order valence-corrected chi connectivity index (χ2v) is 6.88. The van der Waals surface area contributed by atoms with E-state index >= 15 is 0 Å². The number of amides is 2. The zero-order valence-electron chi connectivity index (χ0n) is 16.2. The van der Waals surface area contributed by atoms with Gasteiger partial charge < -0.3 is 15.0 Å². The lowest BCUT2D eigenvalue weighted by Crippen LogP contribution is -2.51. The molecule has 0 unspecified atom stereocenters. The van der Waals surface area contributed by atoms with E-state index in [1.54, 1.807) is 31.3 Å². The first-order valence-electron chi connectivity index (χ1n) is 9.27. The van der Waals surface area contributed by atoms with Crippen molar-refractivity contribution in [1.82, 2.24) is 10.2 Å². The number of nitriles is 1. The molecule has 0 bridgehead atoms. The minimum atomic E-state index is -0.845. The van der Waals surface area contributed by atoms with Gasteiger partial charge in [-0.3, -0.25) is 9.59 Å². The van der Waals surface area contributed by atoms with Crippen LogP contribution in [0.2, 0.25) is 0 Å². The Bertz CT molecular complexity index is 790. The van der Waals surface area contributed by atoms with Gasteiger partial charge in [-0.2, -0.15) is 5.26 Å². The van der Waals surface area contributed by atoms with Gasteiger partial charge in [-0.25, -0.2) is 4.79 Å². The summed E-state index contributed by atoms with van der Waals surface area (Å²) >= 11 is 0. The summed E-state index contributed by atoms with van der Waals surface area (Å²) in [7, 11) is 1.57. The minimum absolute atomic E-state index is 0.0539. The average Bonchev–Trinajstić information content (AvgIpc) is 2.71. The van der Waals surface area contributed by atoms with E-state index in [0.29, 0.717) is 18.4 Å². The summed E-state index contributed by atoms with van der Waals surface area (Å²) in [4.78, 5) is 37.7. The first-order valence-corrected chi connectivity index (χ1v) is 9.27. The largest absolute Gasteiger partial charge is 0.451 e. The van der Waals surface area contributed by atoms with Crippen molar-refractivity contribution in [2.24, 2.45) is 0 Å². The van der Waals surface area contributed by atoms with E-state index in [2.05, 4.69) is 11.4 Å². The van der Waals surface area contributed by atoms with Crippen LogP contribution in [0.3, 0.4) is 0 Å². The second-order valence-electron chi connectivity index (χ2n) is 6.88. The number of carbonyl (C=O) groups is 3. The molecule has 28 heavy (non-hydrogen) atoms. The number of carbonyl (C=O) groups excluding carboxylic acids is 3. The van der Waals surface area contributed by atoms with Crippen molar-refractivity contribution >= 4 is 23.9 Å². The van der Waals surface area contributed by atoms with Gasteiger partial charge in [0.25, 0.3) is 5.91 Å². The highest BCUT2D eigenvalue weighted by atomic mass is 16.5. The SMILES string of the molecule is CC(=O)N/C(=C\c1ccccc1)C(=O)OCC(=O)N(C)C1(C#N)CCCCC1.